The summed E-state index contributed by atoms with van der Waals surface area (Å²) in [5, 5.41) is 5.17. The molecule has 2 rings (SSSR count). The second-order valence-corrected chi connectivity index (χ2v) is 3.64. The first-order chi connectivity index (χ1) is 6.84. The lowest BCUT2D eigenvalue weighted by molar-refractivity contribution is -0.116. The zero-order valence-electron chi connectivity index (χ0n) is 7.38. The van der Waals surface area contributed by atoms with Gasteiger partial charge in [-0.3, -0.25) is 4.79 Å². The molecule has 0 aliphatic heterocycles. The van der Waals surface area contributed by atoms with Crippen molar-refractivity contribution in [3.8, 4) is 0 Å². The minimum Gasteiger partial charge on any atom is -0.345 e. The maximum absolute atomic E-state index is 11.4. The quantitative estimate of drug-likeness (QED) is 0.830. The fourth-order valence-corrected chi connectivity index (χ4v) is 1.63. The molecular weight excluding hydrogens is 198 g/mol. The predicted octanol–water partition coefficient (Wildman–Crippen LogP) is 1.58. The summed E-state index contributed by atoms with van der Waals surface area (Å²) in [6.07, 6.45) is 5.36. The van der Waals surface area contributed by atoms with Gasteiger partial charge in [-0.05, 0) is 12.1 Å². The molecule has 2 aromatic heterocycles. The molecule has 0 spiro atoms. The van der Waals surface area contributed by atoms with E-state index in [0.29, 0.717) is 11.7 Å². The Labute approximate surface area is 85.2 Å². The first-order valence-corrected chi connectivity index (χ1v) is 5.02. The van der Waals surface area contributed by atoms with Gasteiger partial charge in [0.2, 0.25) is 5.91 Å². The third-order valence-electron chi connectivity index (χ3n) is 1.67. The Morgan fingerprint density at radius 3 is 2.93 bits per heavy atom. The van der Waals surface area contributed by atoms with E-state index in [9.17, 15) is 4.79 Å². The van der Waals surface area contributed by atoms with Gasteiger partial charge in [-0.2, -0.15) is 0 Å². The Balaban J connectivity index is 1.91. The van der Waals surface area contributed by atoms with Crippen molar-refractivity contribution >= 4 is 22.4 Å². The lowest BCUT2D eigenvalue weighted by atomic mass is 10.6. The number of rotatable bonds is 3. The highest BCUT2D eigenvalue weighted by Crippen LogP contribution is 2.09. The highest BCUT2D eigenvalue weighted by Gasteiger charge is 2.03. The maximum atomic E-state index is 11.4. The van der Waals surface area contributed by atoms with E-state index in [1.807, 2.05) is 34.5 Å². The molecule has 0 atom stereocenters. The van der Waals surface area contributed by atoms with Crippen LogP contribution in [0.15, 0.2) is 36.1 Å². The first kappa shape index (κ1) is 8.96. The zero-order chi connectivity index (χ0) is 9.80. The van der Waals surface area contributed by atoms with E-state index in [1.165, 1.54) is 11.3 Å². The molecule has 0 saturated heterocycles. The molecule has 0 aliphatic rings. The van der Waals surface area contributed by atoms with Crippen LogP contribution < -0.4 is 5.32 Å². The van der Waals surface area contributed by atoms with E-state index in [-0.39, 0.29) is 5.91 Å². The lowest BCUT2D eigenvalue weighted by Gasteiger charge is -2.02. The number of carbonyl (C=O) groups excluding carboxylic acids is 1. The first-order valence-electron chi connectivity index (χ1n) is 4.15. The van der Waals surface area contributed by atoms with Crippen LogP contribution in [0.5, 0.6) is 0 Å². The number of hydrogen-bond acceptors (Lipinski definition) is 3. The highest BCUT2D eigenvalue weighted by atomic mass is 32.1. The summed E-state index contributed by atoms with van der Waals surface area (Å²) in [4.78, 5) is 15.4. The fraction of sp³-hybridized carbons (Fsp3) is 0.111. The van der Waals surface area contributed by atoms with E-state index in [4.69, 9.17) is 0 Å². The molecule has 14 heavy (non-hydrogen) atoms. The van der Waals surface area contributed by atoms with Crippen LogP contribution in [-0.2, 0) is 11.3 Å². The zero-order valence-corrected chi connectivity index (χ0v) is 8.20. The van der Waals surface area contributed by atoms with Crippen LogP contribution in [0.4, 0.5) is 5.13 Å². The summed E-state index contributed by atoms with van der Waals surface area (Å²) in [5.74, 6) is -0.0591. The van der Waals surface area contributed by atoms with Crippen molar-refractivity contribution in [2.24, 2.45) is 0 Å². The van der Waals surface area contributed by atoms with E-state index < -0.39 is 0 Å². The molecule has 72 valence electrons. The number of aromatic nitrogens is 2. The highest BCUT2D eigenvalue weighted by molar-refractivity contribution is 7.13. The Morgan fingerprint density at radius 2 is 2.29 bits per heavy atom. The number of hydrogen-bond donors (Lipinski definition) is 1. The third kappa shape index (κ3) is 2.20. The van der Waals surface area contributed by atoms with Crippen molar-refractivity contribution in [1.29, 1.82) is 0 Å². The van der Waals surface area contributed by atoms with E-state index >= 15 is 0 Å². The molecule has 1 N–H and O–H groups in total. The van der Waals surface area contributed by atoms with Crippen molar-refractivity contribution in [3.05, 3.63) is 36.1 Å². The number of amides is 1. The second-order valence-electron chi connectivity index (χ2n) is 2.74. The van der Waals surface area contributed by atoms with Gasteiger partial charge in [0.05, 0.1) is 0 Å². The average Bonchev–Trinajstić information content (AvgIpc) is 2.76. The van der Waals surface area contributed by atoms with Crippen LogP contribution in [-0.4, -0.2) is 15.5 Å². The number of anilines is 1. The number of thiazole rings is 1. The van der Waals surface area contributed by atoms with Crippen molar-refractivity contribution in [2.45, 2.75) is 6.54 Å². The van der Waals surface area contributed by atoms with Crippen LogP contribution in [0.1, 0.15) is 0 Å². The average molecular weight is 207 g/mol. The molecule has 0 fully saturated rings. The third-order valence-corrected chi connectivity index (χ3v) is 2.36. The molecular formula is C9H9N3OS. The lowest BCUT2D eigenvalue weighted by Crippen LogP contribution is -2.17. The van der Waals surface area contributed by atoms with Crippen LogP contribution >= 0.6 is 11.3 Å². The molecule has 0 unspecified atom stereocenters. The van der Waals surface area contributed by atoms with Gasteiger partial charge < -0.3 is 9.88 Å². The van der Waals surface area contributed by atoms with Gasteiger partial charge in [-0.15, -0.1) is 11.3 Å². The summed E-state index contributed by atoms with van der Waals surface area (Å²) >= 11 is 1.41. The van der Waals surface area contributed by atoms with Gasteiger partial charge in [0.1, 0.15) is 6.54 Å². The van der Waals surface area contributed by atoms with Crippen molar-refractivity contribution < 1.29 is 4.79 Å². The minimum absolute atomic E-state index is 0.0591. The van der Waals surface area contributed by atoms with Crippen molar-refractivity contribution in [3.63, 3.8) is 0 Å². The number of carbonyl (C=O) groups is 1. The van der Waals surface area contributed by atoms with E-state index in [2.05, 4.69) is 10.3 Å². The molecule has 1 amide bonds. The Morgan fingerprint density at radius 1 is 1.50 bits per heavy atom. The minimum atomic E-state index is -0.0591. The molecule has 2 heterocycles. The molecule has 0 aliphatic carbocycles. The molecule has 4 nitrogen and oxygen atoms in total. The second kappa shape index (κ2) is 4.06. The van der Waals surface area contributed by atoms with Crippen LogP contribution in [0.3, 0.4) is 0 Å². The number of nitrogens with zero attached hydrogens (tertiary/aromatic N) is 2. The fourth-order valence-electron chi connectivity index (χ4n) is 1.09. The van der Waals surface area contributed by atoms with Gasteiger partial charge in [0.25, 0.3) is 0 Å². The largest absolute Gasteiger partial charge is 0.345 e. The molecule has 0 radical (unpaired) electrons. The Hall–Kier alpha value is -1.62. The summed E-state index contributed by atoms with van der Waals surface area (Å²) in [5.41, 5.74) is 0. The summed E-state index contributed by atoms with van der Waals surface area (Å²) in [6.45, 7) is 0.326. The van der Waals surface area contributed by atoms with E-state index in [0.717, 1.165) is 0 Å². The summed E-state index contributed by atoms with van der Waals surface area (Å²) in [6, 6.07) is 3.77. The molecule has 5 heteroatoms. The van der Waals surface area contributed by atoms with Crippen LogP contribution in [0.25, 0.3) is 0 Å². The van der Waals surface area contributed by atoms with Gasteiger partial charge in [-0.1, -0.05) is 0 Å². The number of nitrogens with one attached hydrogen (secondary N) is 1. The summed E-state index contributed by atoms with van der Waals surface area (Å²) in [7, 11) is 0. The van der Waals surface area contributed by atoms with Crippen LogP contribution in [0.2, 0.25) is 0 Å². The topological polar surface area (TPSA) is 46.9 Å². The Kier molecular flexibility index (Phi) is 2.60. The molecule has 0 aromatic carbocycles. The van der Waals surface area contributed by atoms with Gasteiger partial charge >= 0.3 is 0 Å². The maximum Gasteiger partial charge on any atom is 0.246 e. The van der Waals surface area contributed by atoms with E-state index in [1.54, 1.807) is 6.20 Å². The SMILES string of the molecule is O=C(Cn1cccc1)Nc1nccs1. The normalized spacial score (nSPS) is 10.0. The molecule has 0 saturated carbocycles. The monoisotopic (exact) mass is 207 g/mol. The van der Waals surface area contributed by atoms with Crippen molar-refractivity contribution in [1.82, 2.24) is 9.55 Å². The summed E-state index contributed by atoms with van der Waals surface area (Å²) < 4.78 is 1.81. The van der Waals surface area contributed by atoms with Gasteiger partial charge in [-0.25, -0.2) is 4.98 Å². The standard InChI is InChI=1S/C9H9N3OS/c13-8(7-12-4-1-2-5-12)11-9-10-3-6-14-9/h1-6H,7H2,(H,10,11,13). The van der Waals surface area contributed by atoms with Crippen LogP contribution in [0, 0.1) is 0 Å². The smallest absolute Gasteiger partial charge is 0.246 e. The molecule has 2 aromatic rings. The Bertz CT molecular complexity index is 355. The molecule has 0 bridgehead atoms. The van der Waals surface area contributed by atoms with Gasteiger partial charge in [0, 0.05) is 24.0 Å². The van der Waals surface area contributed by atoms with Crippen molar-refractivity contribution in [2.75, 3.05) is 5.32 Å². The predicted molar refractivity (Wildman–Crippen MR) is 55.2 cm³/mol. The van der Waals surface area contributed by atoms with Gasteiger partial charge in [0.15, 0.2) is 5.13 Å².